The third-order valence-corrected chi connectivity index (χ3v) is 1.94. The molecule has 0 aliphatic rings. The largest absolute Gasteiger partial charge is 0.350 e. The zero-order valence-electron chi connectivity index (χ0n) is 8.45. The van der Waals surface area contributed by atoms with Crippen molar-refractivity contribution in [2.45, 2.75) is 13.1 Å². The van der Waals surface area contributed by atoms with Gasteiger partial charge in [0.05, 0.1) is 0 Å². The van der Waals surface area contributed by atoms with Crippen LogP contribution in [-0.2, 0) is 17.9 Å². The monoisotopic (exact) mass is 218 g/mol. The van der Waals surface area contributed by atoms with Gasteiger partial charge in [0, 0.05) is 18.9 Å². The first-order chi connectivity index (χ1) is 7.84. The molecule has 0 unspecified atom stereocenters. The molecule has 2 aromatic heterocycles. The molecule has 1 amide bonds. The first kappa shape index (κ1) is 10.2. The van der Waals surface area contributed by atoms with Gasteiger partial charge in [0.15, 0.2) is 0 Å². The number of aromatic nitrogens is 5. The van der Waals surface area contributed by atoms with E-state index in [-0.39, 0.29) is 12.5 Å². The summed E-state index contributed by atoms with van der Waals surface area (Å²) in [5.74, 6) is -0.135. The fraction of sp³-hybridized carbons (Fsp3) is 0.222. The lowest BCUT2D eigenvalue weighted by molar-refractivity contribution is -0.122. The van der Waals surface area contributed by atoms with E-state index in [0.29, 0.717) is 6.54 Å². The number of nitrogens with one attached hydrogen (secondary N) is 1. The first-order valence-electron chi connectivity index (χ1n) is 4.71. The third-order valence-electron chi connectivity index (χ3n) is 1.94. The second-order valence-electron chi connectivity index (χ2n) is 3.14. The van der Waals surface area contributed by atoms with Crippen LogP contribution in [0.25, 0.3) is 0 Å². The van der Waals surface area contributed by atoms with E-state index in [0.717, 1.165) is 5.56 Å². The summed E-state index contributed by atoms with van der Waals surface area (Å²) in [5, 5.41) is 13.2. The van der Waals surface area contributed by atoms with Gasteiger partial charge < -0.3 is 5.32 Å². The molecular weight excluding hydrogens is 208 g/mol. The lowest BCUT2D eigenvalue weighted by atomic mass is 10.3. The van der Waals surface area contributed by atoms with Crippen molar-refractivity contribution >= 4 is 5.91 Å². The lowest BCUT2D eigenvalue weighted by Gasteiger charge is -2.04. The summed E-state index contributed by atoms with van der Waals surface area (Å²) in [6, 6.07) is 3.69. The van der Waals surface area contributed by atoms with Crippen LogP contribution in [0, 0.1) is 0 Å². The van der Waals surface area contributed by atoms with Gasteiger partial charge in [-0.3, -0.25) is 9.78 Å². The van der Waals surface area contributed by atoms with E-state index in [4.69, 9.17) is 0 Å². The van der Waals surface area contributed by atoms with Crippen LogP contribution in [0.2, 0.25) is 0 Å². The Bertz CT molecular complexity index is 440. The molecule has 1 N–H and O–H groups in total. The fourth-order valence-electron chi connectivity index (χ4n) is 1.16. The van der Waals surface area contributed by atoms with Crippen LogP contribution in [0.3, 0.4) is 0 Å². The van der Waals surface area contributed by atoms with Gasteiger partial charge in [0.2, 0.25) is 5.91 Å². The average molecular weight is 218 g/mol. The average Bonchev–Trinajstić information content (AvgIpc) is 2.81. The van der Waals surface area contributed by atoms with Crippen molar-refractivity contribution in [2.75, 3.05) is 0 Å². The van der Waals surface area contributed by atoms with Gasteiger partial charge in [-0.05, 0) is 28.1 Å². The molecule has 0 atom stereocenters. The molecule has 82 valence electrons. The Morgan fingerprint density at radius 1 is 1.38 bits per heavy atom. The SMILES string of the molecule is O=C(Cn1cnnn1)NCc1ccncc1. The number of carbonyl (C=O) groups is 1. The quantitative estimate of drug-likeness (QED) is 0.739. The first-order valence-corrected chi connectivity index (χ1v) is 4.71. The highest BCUT2D eigenvalue weighted by atomic mass is 16.2. The number of nitrogens with zero attached hydrogens (tertiary/aromatic N) is 5. The van der Waals surface area contributed by atoms with Crippen molar-refractivity contribution in [2.24, 2.45) is 0 Å². The molecule has 0 saturated heterocycles. The van der Waals surface area contributed by atoms with E-state index >= 15 is 0 Å². The van der Waals surface area contributed by atoms with Crippen LogP contribution in [0.1, 0.15) is 5.56 Å². The predicted molar refractivity (Wildman–Crippen MR) is 53.9 cm³/mol. The molecule has 0 aromatic carbocycles. The Kier molecular flexibility index (Phi) is 3.17. The molecule has 7 heteroatoms. The normalized spacial score (nSPS) is 10.0. The molecular formula is C9H10N6O. The molecule has 2 heterocycles. The van der Waals surface area contributed by atoms with Crippen molar-refractivity contribution in [1.82, 2.24) is 30.5 Å². The number of hydrogen-bond donors (Lipinski definition) is 1. The summed E-state index contributed by atoms with van der Waals surface area (Å²) in [5.41, 5.74) is 1.00. The van der Waals surface area contributed by atoms with E-state index in [1.165, 1.54) is 11.0 Å². The Morgan fingerprint density at radius 3 is 2.88 bits per heavy atom. The number of amides is 1. The van der Waals surface area contributed by atoms with Gasteiger partial charge in [-0.25, -0.2) is 4.68 Å². The maximum absolute atomic E-state index is 11.4. The van der Waals surface area contributed by atoms with E-state index in [2.05, 4.69) is 25.8 Å². The van der Waals surface area contributed by atoms with E-state index in [1.807, 2.05) is 12.1 Å². The molecule has 0 bridgehead atoms. The zero-order chi connectivity index (χ0) is 11.2. The van der Waals surface area contributed by atoms with Crippen molar-refractivity contribution in [3.05, 3.63) is 36.4 Å². The highest BCUT2D eigenvalue weighted by molar-refractivity contribution is 5.75. The van der Waals surface area contributed by atoms with Gasteiger partial charge in [-0.1, -0.05) is 0 Å². The van der Waals surface area contributed by atoms with E-state index < -0.39 is 0 Å². The number of pyridine rings is 1. The molecule has 2 rings (SSSR count). The molecule has 0 fully saturated rings. The van der Waals surface area contributed by atoms with Crippen molar-refractivity contribution in [3.8, 4) is 0 Å². The zero-order valence-corrected chi connectivity index (χ0v) is 8.45. The summed E-state index contributed by atoms with van der Waals surface area (Å²) in [6.07, 6.45) is 4.76. The summed E-state index contributed by atoms with van der Waals surface area (Å²) in [6.45, 7) is 0.599. The summed E-state index contributed by atoms with van der Waals surface area (Å²) < 4.78 is 1.36. The molecule has 0 spiro atoms. The molecule has 2 aromatic rings. The predicted octanol–water partition coefficient (Wildman–Crippen LogP) is -0.615. The van der Waals surface area contributed by atoms with Crippen molar-refractivity contribution in [3.63, 3.8) is 0 Å². The molecule has 0 aliphatic heterocycles. The second kappa shape index (κ2) is 4.96. The van der Waals surface area contributed by atoms with E-state index in [1.54, 1.807) is 12.4 Å². The number of rotatable bonds is 4. The molecule has 0 saturated carbocycles. The van der Waals surface area contributed by atoms with Gasteiger partial charge in [0.1, 0.15) is 12.9 Å². The van der Waals surface area contributed by atoms with Crippen LogP contribution in [0.5, 0.6) is 0 Å². The van der Waals surface area contributed by atoms with Crippen LogP contribution in [0.15, 0.2) is 30.9 Å². The van der Waals surface area contributed by atoms with Gasteiger partial charge in [0.25, 0.3) is 0 Å². The number of carbonyl (C=O) groups excluding carboxylic acids is 1. The molecule has 0 radical (unpaired) electrons. The second-order valence-corrected chi connectivity index (χ2v) is 3.14. The van der Waals surface area contributed by atoms with Gasteiger partial charge in [-0.15, -0.1) is 5.10 Å². The third kappa shape index (κ3) is 2.84. The Hall–Kier alpha value is -2.31. The van der Waals surface area contributed by atoms with Crippen molar-refractivity contribution in [1.29, 1.82) is 0 Å². The molecule has 7 nitrogen and oxygen atoms in total. The number of tetrazole rings is 1. The Balaban J connectivity index is 1.80. The van der Waals surface area contributed by atoms with Crippen LogP contribution >= 0.6 is 0 Å². The minimum atomic E-state index is -0.135. The highest BCUT2D eigenvalue weighted by Crippen LogP contribution is 1.94. The van der Waals surface area contributed by atoms with Gasteiger partial charge in [-0.2, -0.15) is 0 Å². The maximum Gasteiger partial charge on any atom is 0.242 e. The summed E-state index contributed by atoms with van der Waals surface area (Å²) in [4.78, 5) is 15.3. The van der Waals surface area contributed by atoms with Crippen LogP contribution in [0.4, 0.5) is 0 Å². The smallest absolute Gasteiger partial charge is 0.242 e. The fourth-order valence-corrected chi connectivity index (χ4v) is 1.16. The van der Waals surface area contributed by atoms with E-state index in [9.17, 15) is 4.79 Å². The van der Waals surface area contributed by atoms with Crippen molar-refractivity contribution < 1.29 is 4.79 Å². The Labute approximate surface area is 91.5 Å². The standard InChI is InChI=1S/C9H10N6O/c16-9(6-15-7-12-13-14-15)11-5-8-1-3-10-4-2-8/h1-4,7H,5-6H2,(H,11,16). The minimum Gasteiger partial charge on any atom is -0.350 e. The van der Waals surface area contributed by atoms with Crippen LogP contribution < -0.4 is 5.32 Å². The minimum absolute atomic E-state index is 0.123. The summed E-state index contributed by atoms with van der Waals surface area (Å²) in [7, 11) is 0. The topological polar surface area (TPSA) is 85.6 Å². The molecule has 0 aliphatic carbocycles. The lowest BCUT2D eigenvalue weighted by Crippen LogP contribution is -2.27. The number of hydrogen-bond acceptors (Lipinski definition) is 5. The summed E-state index contributed by atoms with van der Waals surface area (Å²) >= 11 is 0. The Morgan fingerprint density at radius 2 is 2.19 bits per heavy atom. The maximum atomic E-state index is 11.4. The molecule has 16 heavy (non-hydrogen) atoms. The van der Waals surface area contributed by atoms with Crippen LogP contribution in [-0.4, -0.2) is 31.1 Å². The highest BCUT2D eigenvalue weighted by Gasteiger charge is 2.02. The van der Waals surface area contributed by atoms with Gasteiger partial charge >= 0.3 is 0 Å².